The molecule has 134 valence electrons. The van der Waals surface area contributed by atoms with Crippen LogP contribution < -0.4 is 4.74 Å². The molecular weight excluding hydrogens is 346 g/mol. The van der Waals surface area contributed by atoms with Gasteiger partial charge >= 0.3 is 0 Å². The molecule has 4 rings (SSSR count). The van der Waals surface area contributed by atoms with Gasteiger partial charge in [0.1, 0.15) is 17.5 Å². The molecule has 26 heavy (non-hydrogen) atoms. The van der Waals surface area contributed by atoms with Gasteiger partial charge in [-0.3, -0.25) is 9.78 Å². The molecule has 0 radical (unpaired) electrons. The SMILES string of the molecule is Cc1cc(OC2CCN(C(=O)c3cccn3Cc3cccs3)C2)ccn1. The van der Waals surface area contributed by atoms with Crippen LogP contribution in [0.3, 0.4) is 0 Å². The number of carbonyl (C=O) groups is 1. The zero-order chi connectivity index (χ0) is 17.9. The van der Waals surface area contributed by atoms with Crippen molar-refractivity contribution in [3.8, 4) is 5.75 Å². The molecule has 1 fully saturated rings. The molecule has 0 bridgehead atoms. The predicted molar refractivity (Wildman–Crippen MR) is 102 cm³/mol. The first-order chi connectivity index (χ1) is 12.7. The van der Waals surface area contributed by atoms with E-state index < -0.39 is 0 Å². The second kappa shape index (κ2) is 7.33. The van der Waals surface area contributed by atoms with Gasteiger partial charge in [0.2, 0.25) is 0 Å². The quantitative estimate of drug-likeness (QED) is 0.692. The van der Waals surface area contributed by atoms with Gasteiger partial charge in [-0.1, -0.05) is 6.07 Å². The monoisotopic (exact) mass is 367 g/mol. The lowest BCUT2D eigenvalue weighted by molar-refractivity contribution is 0.0762. The fraction of sp³-hybridized carbons (Fsp3) is 0.300. The van der Waals surface area contributed by atoms with E-state index in [2.05, 4.69) is 16.4 Å². The molecule has 0 aromatic carbocycles. The van der Waals surface area contributed by atoms with E-state index in [4.69, 9.17) is 4.74 Å². The van der Waals surface area contributed by atoms with Gasteiger partial charge in [-0.2, -0.15) is 0 Å². The maximum atomic E-state index is 13.0. The molecular formula is C20H21N3O2S. The molecule has 1 atom stereocenters. The summed E-state index contributed by atoms with van der Waals surface area (Å²) < 4.78 is 8.05. The molecule has 0 N–H and O–H groups in total. The molecule has 0 spiro atoms. The van der Waals surface area contributed by atoms with Crippen LogP contribution in [0.5, 0.6) is 5.75 Å². The van der Waals surface area contributed by atoms with E-state index in [1.807, 2.05) is 52.9 Å². The van der Waals surface area contributed by atoms with E-state index in [1.165, 1.54) is 4.88 Å². The highest BCUT2D eigenvalue weighted by molar-refractivity contribution is 7.09. The summed E-state index contributed by atoms with van der Waals surface area (Å²) in [6.45, 7) is 4.01. The Balaban J connectivity index is 1.41. The van der Waals surface area contributed by atoms with Gasteiger partial charge in [0.05, 0.1) is 13.1 Å². The van der Waals surface area contributed by atoms with Crippen molar-refractivity contribution >= 4 is 17.2 Å². The summed E-state index contributed by atoms with van der Waals surface area (Å²) in [7, 11) is 0. The maximum Gasteiger partial charge on any atom is 0.270 e. The molecule has 4 heterocycles. The number of carbonyl (C=O) groups excluding carboxylic acids is 1. The van der Waals surface area contributed by atoms with Crippen LogP contribution in [0.4, 0.5) is 0 Å². The molecule has 1 aliphatic heterocycles. The second-order valence-corrected chi connectivity index (χ2v) is 7.55. The summed E-state index contributed by atoms with van der Waals surface area (Å²) >= 11 is 1.71. The Kier molecular flexibility index (Phi) is 4.75. The minimum absolute atomic E-state index is 0.0291. The van der Waals surface area contributed by atoms with Crippen LogP contribution in [0.15, 0.2) is 54.2 Å². The Hall–Kier alpha value is -2.60. The number of rotatable bonds is 5. The Morgan fingerprint density at radius 1 is 1.35 bits per heavy atom. The second-order valence-electron chi connectivity index (χ2n) is 6.51. The first-order valence-corrected chi connectivity index (χ1v) is 9.63. The Labute approximate surface area is 156 Å². The van der Waals surface area contributed by atoms with Gasteiger partial charge in [0, 0.05) is 42.0 Å². The van der Waals surface area contributed by atoms with Crippen molar-refractivity contribution < 1.29 is 9.53 Å². The minimum atomic E-state index is 0.0291. The predicted octanol–water partition coefficient (Wildman–Crippen LogP) is 3.59. The Morgan fingerprint density at radius 2 is 2.27 bits per heavy atom. The molecule has 0 saturated carbocycles. The van der Waals surface area contributed by atoms with Gasteiger partial charge in [0.25, 0.3) is 5.91 Å². The lowest BCUT2D eigenvalue weighted by Crippen LogP contribution is -2.32. The smallest absolute Gasteiger partial charge is 0.270 e. The van der Waals surface area contributed by atoms with Gasteiger partial charge in [0.15, 0.2) is 0 Å². The summed E-state index contributed by atoms with van der Waals surface area (Å²) in [5.74, 6) is 0.890. The lowest BCUT2D eigenvalue weighted by atomic mass is 10.3. The highest BCUT2D eigenvalue weighted by Gasteiger charge is 2.29. The molecule has 1 unspecified atom stereocenters. The Bertz CT molecular complexity index is 888. The first-order valence-electron chi connectivity index (χ1n) is 8.75. The van der Waals surface area contributed by atoms with Crippen LogP contribution in [-0.4, -0.2) is 39.6 Å². The fourth-order valence-electron chi connectivity index (χ4n) is 3.27. The number of amides is 1. The number of hydrogen-bond acceptors (Lipinski definition) is 4. The third-order valence-electron chi connectivity index (χ3n) is 4.56. The molecule has 3 aromatic rings. The first kappa shape index (κ1) is 16.8. The number of likely N-dealkylation sites (tertiary alicyclic amines) is 1. The van der Waals surface area contributed by atoms with E-state index >= 15 is 0 Å². The molecule has 6 heteroatoms. The maximum absolute atomic E-state index is 13.0. The number of aromatic nitrogens is 2. The Morgan fingerprint density at radius 3 is 3.08 bits per heavy atom. The fourth-order valence-corrected chi connectivity index (χ4v) is 3.98. The van der Waals surface area contributed by atoms with Crippen molar-refractivity contribution in [3.63, 3.8) is 0 Å². The topological polar surface area (TPSA) is 47.4 Å². The van der Waals surface area contributed by atoms with Crippen LogP contribution in [0.2, 0.25) is 0 Å². The number of thiophene rings is 1. The van der Waals surface area contributed by atoms with E-state index in [-0.39, 0.29) is 12.0 Å². The number of aryl methyl sites for hydroxylation is 1. The van der Waals surface area contributed by atoms with E-state index in [1.54, 1.807) is 17.5 Å². The van der Waals surface area contributed by atoms with E-state index in [0.717, 1.165) is 36.6 Å². The standard InChI is InChI=1S/C20H21N3O2S/c1-15-12-16(6-8-21-15)25-17-7-10-23(13-17)20(24)19-5-2-9-22(19)14-18-4-3-11-26-18/h2-6,8-9,11-12,17H,7,10,13-14H2,1H3. The van der Waals surface area contributed by atoms with Crippen LogP contribution >= 0.6 is 11.3 Å². The summed E-state index contributed by atoms with van der Waals surface area (Å²) in [6.07, 6.45) is 4.59. The zero-order valence-electron chi connectivity index (χ0n) is 14.7. The van der Waals surface area contributed by atoms with E-state index in [9.17, 15) is 4.79 Å². The molecule has 1 amide bonds. The van der Waals surface area contributed by atoms with Crippen molar-refractivity contribution in [1.29, 1.82) is 0 Å². The molecule has 5 nitrogen and oxygen atoms in total. The average Bonchev–Trinajstić information content (AvgIpc) is 3.37. The average molecular weight is 367 g/mol. The molecule has 1 saturated heterocycles. The van der Waals surface area contributed by atoms with Crippen molar-refractivity contribution in [3.05, 3.63) is 70.4 Å². The minimum Gasteiger partial charge on any atom is -0.488 e. The summed E-state index contributed by atoms with van der Waals surface area (Å²) in [4.78, 5) is 20.3. The summed E-state index contributed by atoms with van der Waals surface area (Å²) in [5.41, 5.74) is 1.67. The number of pyridine rings is 1. The van der Waals surface area contributed by atoms with Crippen LogP contribution in [0, 0.1) is 6.92 Å². The third kappa shape index (κ3) is 3.65. The lowest BCUT2D eigenvalue weighted by Gasteiger charge is -2.18. The van der Waals surface area contributed by atoms with Crippen molar-refractivity contribution in [2.75, 3.05) is 13.1 Å². The molecule has 1 aliphatic rings. The zero-order valence-corrected chi connectivity index (χ0v) is 15.5. The van der Waals surface area contributed by atoms with Crippen molar-refractivity contribution in [1.82, 2.24) is 14.5 Å². The van der Waals surface area contributed by atoms with Gasteiger partial charge in [-0.05, 0) is 36.6 Å². The van der Waals surface area contributed by atoms with Gasteiger partial charge in [-0.15, -0.1) is 11.3 Å². The third-order valence-corrected chi connectivity index (χ3v) is 5.42. The summed E-state index contributed by atoms with van der Waals surface area (Å²) in [5, 5.41) is 2.06. The number of nitrogens with zero attached hydrogens (tertiary/aromatic N) is 3. The molecule has 0 aliphatic carbocycles. The van der Waals surface area contributed by atoms with Crippen LogP contribution in [0.1, 0.15) is 27.5 Å². The van der Waals surface area contributed by atoms with Crippen LogP contribution in [-0.2, 0) is 6.54 Å². The van der Waals surface area contributed by atoms with Crippen molar-refractivity contribution in [2.24, 2.45) is 0 Å². The molecule has 3 aromatic heterocycles. The van der Waals surface area contributed by atoms with Gasteiger partial charge < -0.3 is 14.2 Å². The number of hydrogen-bond donors (Lipinski definition) is 0. The highest BCUT2D eigenvalue weighted by Crippen LogP contribution is 2.21. The normalized spacial score (nSPS) is 16.8. The van der Waals surface area contributed by atoms with Gasteiger partial charge in [-0.25, -0.2) is 0 Å². The van der Waals surface area contributed by atoms with Crippen molar-refractivity contribution in [2.45, 2.75) is 26.0 Å². The highest BCUT2D eigenvalue weighted by atomic mass is 32.1. The van der Waals surface area contributed by atoms with Crippen LogP contribution in [0.25, 0.3) is 0 Å². The summed E-state index contributed by atoms with van der Waals surface area (Å²) in [6, 6.07) is 11.8. The number of ether oxygens (including phenoxy) is 1. The largest absolute Gasteiger partial charge is 0.488 e. The van der Waals surface area contributed by atoms with E-state index in [0.29, 0.717) is 6.54 Å².